The number of hydrogen-bond donors (Lipinski definition) is 1. The van der Waals surface area contributed by atoms with E-state index in [4.69, 9.17) is 0 Å². The van der Waals surface area contributed by atoms with E-state index in [0.717, 1.165) is 19.0 Å². The van der Waals surface area contributed by atoms with Crippen LogP contribution in [0.1, 0.15) is 34.1 Å². The van der Waals surface area contributed by atoms with Crippen LogP contribution in [0.25, 0.3) is 0 Å². The molecule has 1 aliphatic heterocycles. The first kappa shape index (κ1) is 11.0. The summed E-state index contributed by atoms with van der Waals surface area (Å²) in [7, 11) is 0. The van der Waals surface area contributed by atoms with Crippen LogP contribution in [-0.2, 0) is 0 Å². The minimum atomic E-state index is -0.478. The third-order valence-electron chi connectivity index (χ3n) is 2.98. The molecule has 0 aliphatic carbocycles. The van der Waals surface area contributed by atoms with Crippen molar-refractivity contribution in [2.24, 2.45) is 11.8 Å². The lowest BCUT2D eigenvalue weighted by Crippen LogP contribution is -2.55. The fourth-order valence-corrected chi connectivity index (χ4v) is 1.64. The van der Waals surface area contributed by atoms with Gasteiger partial charge in [-0.25, -0.2) is 0 Å². The van der Waals surface area contributed by atoms with Gasteiger partial charge in [-0.05, 0) is 32.7 Å². The third-order valence-corrected chi connectivity index (χ3v) is 2.98. The SMILES string of the molecule is CC(C)CCN1CC(C(C)(C)O)C1. The van der Waals surface area contributed by atoms with Gasteiger partial charge in [0.2, 0.25) is 0 Å². The van der Waals surface area contributed by atoms with Gasteiger partial charge < -0.3 is 10.0 Å². The van der Waals surface area contributed by atoms with Crippen LogP contribution in [0.2, 0.25) is 0 Å². The van der Waals surface area contributed by atoms with Crippen molar-refractivity contribution in [3.63, 3.8) is 0 Å². The molecule has 1 rings (SSSR count). The van der Waals surface area contributed by atoms with Crippen molar-refractivity contribution in [1.29, 1.82) is 0 Å². The Balaban J connectivity index is 2.12. The number of nitrogens with zero attached hydrogens (tertiary/aromatic N) is 1. The summed E-state index contributed by atoms with van der Waals surface area (Å²) < 4.78 is 0. The summed E-state index contributed by atoms with van der Waals surface area (Å²) in [5.41, 5.74) is -0.478. The molecule has 0 atom stereocenters. The van der Waals surface area contributed by atoms with Crippen molar-refractivity contribution < 1.29 is 5.11 Å². The van der Waals surface area contributed by atoms with Gasteiger partial charge in [0.1, 0.15) is 0 Å². The summed E-state index contributed by atoms with van der Waals surface area (Å²) in [6, 6.07) is 0. The molecule has 1 fully saturated rings. The molecule has 0 spiro atoms. The third kappa shape index (κ3) is 3.28. The summed E-state index contributed by atoms with van der Waals surface area (Å²) in [4.78, 5) is 2.43. The zero-order chi connectivity index (χ0) is 10.1. The van der Waals surface area contributed by atoms with Gasteiger partial charge in [0.25, 0.3) is 0 Å². The second kappa shape index (κ2) is 3.97. The van der Waals surface area contributed by atoms with Crippen molar-refractivity contribution in [2.45, 2.75) is 39.7 Å². The van der Waals surface area contributed by atoms with Crippen LogP contribution < -0.4 is 0 Å². The zero-order valence-corrected chi connectivity index (χ0v) is 9.38. The first-order valence-electron chi connectivity index (χ1n) is 5.34. The van der Waals surface area contributed by atoms with Crippen LogP contribution in [0.4, 0.5) is 0 Å². The monoisotopic (exact) mass is 185 g/mol. The Labute approximate surface area is 81.9 Å². The molecular weight excluding hydrogens is 162 g/mol. The molecule has 0 bridgehead atoms. The lowest BCUT2D eigenvalue weighted by molar-refractivity contribution is -0.0626. The van der Waals surface area contributed by atoms with E-state index < -0.39 is 5.60 Å². The normalized spacial score (nSPS) is 20.8. The Hall–Kier alpha value is -0.0800. The largest absolute Gasteiger partial charge is 0.390 e. The molecule has 2 heteroatoms. The van der Waals surface area contributed by atoms with Gasteiger partial charge >= 0.3 is 0 Å². The summed E-state index contributed by atoms with van der Waals surface area (Å²) >= 11 is 0. The van der Waals surface area contributed by atoms with Crippen LogP contribution in [0.15, 0.2) is 0 Å². The number of likely N-dealkylation sites (tertiary alicyclic amines) is 1. The molecule has 1 saturated heterocycles. The molecule has 1 N–H and O–H groups in total. The molecule has 0 radical (unpaired) electrons. The van der Waals surface area contributed by atoms with E-state index in [-0.39, 0.29) is 0 Å². The molecule has 13 heavy (non-hydrogen) atoms. The molecule has 0 unspecified atom stereocenters. The molecule has 1 aliphatic rings. The van der Waals surface area contributed by atoms with Crippen LogP contribution in [0, 0.1) is 11.8 Å². The standard InChI is InChI=1S/C11H23NO/c1-9(2)5-6-12-7-10(8-12)11(3,4)13/h9-10,13H,5-8H2,1-4H3. The topological polar surface area (TPSA) is 23.5 Å². The molecule has 0 aromatic carbocycles. The molecule has 78 valence electrons. The van der Waals surface area contributed by atoms with Crippen molar-refractivity contribution in [3.8, 4) is 0 Å². The Bertz CT molecular complexity index is 154. The number of aliphatic hydroxyl groups is 1. The van der Waals surface area contributed by atoms with E-state index in [2.05, 4.69) is 18.7 Å². The predicted octanol–water partition coefficient (Wildman–Crippen LogP) is 1.74. The van der Waals surface area contributed by atoms with E-state index in [1.807, 2.05) is 13.8 Å². The highest BCUT2D eigenvalue weighted by Crippen LogP contribution is 2.26. The van der Waals surface area contributed by atoms with Gasteiger partial charge in [-0.3, -0.25) is 0 Å². The van der Waals surface area contributed by atoms with Gasteiger partial charge in [-0.15, -0.1) is 0 Å². The van der Waals surface area contributed by atoms with Gasteiger partial charge in [0, 0.05) is 19.0 Å². The van der Waals surface area contributed by atoms with E-state index >= 15 is 0 Å². The van der Waals surface area contributed by atoms with Gasteiger partial charge in [-0.2, -0.15) is 0 Å². The zero-order valence-electron chi connectivity index (χ0n) is 9.38. The fraction of sp³-hybridized carbons (Fsp3) is 1.00. The Morgan fingerprint density at radius 1 is 1.38 bits per heavy atom. The molecule has 1 heterocycles. The van der Waals surface area contributed by atoms with Gasteiger partial charge in [0.05, 0.1) is 5.60 Å². The summed E-state index contributed by atoms with van der Waals surface area (Å²) in [5.74, 6) is 1.28. The van der Waals surface area contributed by atoms with Crippen LogP contribution in [-0.4, -0.2) is 35.2 Å². The minimum absolute atomic E-state index is 0.478. The van der Waals surface area contributed by atoms with E-state index in [1.54, 1.807) is 0 Å². The molecule has 0 saturated carbocycles. The minimum Gasteiger partial charge on any atom is -0.390 e. The maximum atomic E-state index is 9.71. The van der Waals surface area contributed by atoms with E-state index in [0.29, 0.717) is 5.92 Å². The highest BCUT2D eigenvalue weighted by molar-refractivity contribution is 4.90. The molecule has 0 aromatic heterocycles. The summed E-state index contributed by atoms with van der Waals surface area (Å²) in [6.45, 7) is 11.7. The van der Waals surface area contributed by atoms with E-state index in [1.165, 1.54) is 13.0 Å². The quantitative estimate of drug-likeness (QED) is 0.721. The van der Waals surface area contributed by atoms with E-state index in [9.17, 15) is 5.11 Å². The Morgan fingerprint density at radius 2 is 1.92 bits per heavy atom. The lowest BCUT2D eigenvalue weighted by Gasteiger charge is -2.45. The maximum absolute atomic E-state index is 9.71. The first-order valence-corrected chi connectivity index (χ1v) is 5.34. The lowest BCUT2D eigenvalue weighted by atomic mass is 9.84. The predicted molar refractivity (Wildman–Crippen MR) is 55.7 cm³/mol. The summed E-state index contributed by atoms with van der Waals surface area (Å²) in [6.07, 6.45) is 1.28. The van der Waals surface area contributed by atoms with Crippen molar-refractivity contribution in [2.75, 3.05) is 19.6 Å². The second-order valence-corrected chi connectivity index (χ2v) is 5.29. The fourth-order valence-electron chi connectivity index (χ4n) is 1.64. The smallest absolute Gasteiger partial charge is 0.0644 e. The van der Waals surface area contributed by atoms with Gasteiger partial charge in [0.15, 0.2) is 0 Å². The number of hydrogen-bond acceptors (Lipinski definition) is 2. The average Bonchev–Trinajstić information content (AvgIpc) is 1.79. The highest BCUT2D eigenvalue weighted by atomic mass is 16.3. The Kier molecular flexibility index (Phi) is 3.36. The molecule has 0 amide bonds. The highest BCUT2D eigenvalue weighted by Gasteiger charge is 2.36. The van der Waals surface area contributed by atoms with Crippen LogP contribution in [0.3, 0.4) is 0 Å². The molecule has 0 aromatic rings. The maximum Gasteiger partial charge on any atom is 0.0644 e. The molecular formula is C11H23NO. The Morgan fingerprint density at radius 3 is 2.31 bits per heavy atom. The van der Waals surface area contributed by atoms with Crippen LogP contribution in [0.5, 0.6) is 0 Å². The average molecular weight is 185 g/mol. The van der Waals surface area contributed by atoms with Crippen molar-refractivity contribution >= 4 is 0 Å². The van der Waals surface area contributed by atoms with Crippen molar-refractivity contribution in [1.82, 2.24) is 4.90 Å². The second-order valence-electron chi connectivity index (χ2n) is 5.29. The molecule has 2 nitrogen and oxygen atoms in total. The number of rotatable bonds is 4. The first-order chi connectivity index (χ1) is 5.89. The van der Waals surface area contributed by atoms with Gasteiger partial charge in [-0.1, -0.05) is 13.8 Å². The summed E-state index contributed by atoms with van der Waals surface area (Å²) in [5, 5.41) is 9.71. The van der Waals surface area contributed by atoms with Crippen LogP contribution >= 0.6 is 0 Å². The van der Waals surface area contributed by atoms with Crippen molar-refractivity contribution in [3.05, 3.63) is 0 Å².